The molecule has 0 radical (unpaired) electrons. The van der Waals surface area contributed by atoms with Crippen LogP contribution in [-0.2, 0) is 12.8 Å². The molecule has 0 amide bonds. The van der Waals surface area contributed by atoms with Crippen LogP contribution < -0.4 is 10.6 Å². The van der Waals surface area contributed by atoms with Crippen molar-refractivity contribution >= 4 is 11.7 Å². The van der Waals surface area contributed by atoms with E-state index in [0.717, 1.165) is 24.1 Å². The number of nitrogens with zero attached hydrogens (tertiary/aromatic N) is 4. The van der Waals surface area contributed by atoms with Gasteiger partial charge in [-0.1, -0.05) is 19.0 Å². The van der Waals surface area contributed by atoms with Crippen LogP contribution in [0.1, 0.15) is 43.5 Å². The molecular formula is C14H23N5O2. The van der Waals surface area contributed by atoms with E-state index in [-0.39, 0.29) is 11.9 Å². The number of amidine groups is 1. The van der Waals surface area contributed by atoms with Gasteiger partial charge in [-0.25, -0.2) is 0 Å². The summed E-state index contributed by atoms with van der Waals surface area (Å²) in [6.45, 7) is 5.41. The largest absolute Gasteiger partial charge is 0.409 e. The molecule has 2 rings (SSSR count). The Morgan fingerprint density at radius 3 is 2.48 bits per heavy atom. The zero-order valence-electron chi connectivity index (χ0n) is 12.6. The van der Waals surface area contributed by atoms with Crippen molar-refractivity contribution in [2.24, 2.45) is 10.9 Å². The molecule has 1 saturated heterocycles. The summed E-state index contributed by atoms with van der Waals surface area (Å²) in [5, 5.41) is 30.5. The van der Waals surface area contributed by atoms with E-state index in [1.807, 2.05) is 18.7 Å². The lowest BCUT2D eigenvalue weighted by Crippen LogP contribution is -2.38. The van der Waals surface area contributed by atoms with Crippen LogP contribution in [0.5, 0.6) is 0 Å². The van der Waals surface area contributed by atoms with Crippen molar-refractivity contribution in [3.8, 4) is 0 Å². The predicted octanol–water partition coefficient (Wildman–Crippen LogP) is 0.657. The van der Waals surface area contributed by atoms with Gasteiger partial charge in [0, 0.05) is 13.1 Å². The van der Waals surface area contributed by atoms with Gasteiger partial charge in [0.15, 0.2) is 11.7 Å². The van der Waals surface area contributed by atoms with E-state index >= 15 is 0 Å². The van der Waals surface area contributed by atoms with Crippen molar-refractivity contribution in [1.82, 2.24) is 10.2 Å². The summed E-state index contributed by atoms with van der Waals surface area (Å²) in [6, 6.07) is 0. The van der Waals surface area contributed by atoms with Crippen LogP contribution >= 0.6 is 0 Å². The lowest BCUT2D eigenvalue weighted by molar-refractivity contribution is 0.145. The first-order valence-corrected chi connectivity index (χ1v) is 7.41. The van der Waals surface area contributed by atoms with Crippen molar-refractivity contribution in [2.45, 2.75) is 45.6 Å². The number of nitrogens with two attached hydrogens (primary N) is 1. The quantitative estimate of drug-likeness (QED) is 0.326. The molecule has 1 fully saturated rings. The van der Waals surface area contributed by atoms with E-state index < -0.39 is 0 Å². The summed E-state index contributed by atoms with van der Waals surface area (Å²) >= 11 is 0. The Bertz CT molecular complexity index is 524. The van der Waals surface area contributed by atoms with E-state index in [0.29, 0.717) is 37.3 Å². The number of aryl methyl sites for hydroxylation is 1. The first-order chi connectivity index (χ1) is 10.1. The third kappa shape index (κ3) is 3.07. The SMILES string of the molecule is CCc1nnc(N2CCC(O)CC2)c(C(N)=NO)c1CC. The average molecular weight is 293 g/mol. The number of hydrogen-bond acceptors (Lipinski definition) is 6. The molecular weight excluding hydrogens is 270 g/mol. The van der Waals surface area contributed by atoms with Gasteiger partial charge < -0.3 is 20.9 Å². The maximum absolute atomic E-state index is 9.63. The standard InChI is InChI=1S/C14H23N5O2/c1-3-10-11(4-2)16-17-14(12(10)13(15)18-21)19-7-5-9(20)6-8-19/h9,20-21H,3-8H2,1-2H3,(H2,15,18). The molecule has 0 unspecified atom stereocenters. The molecule has 0 atom stereocenters. The molecule has 0 saturated carbocycles. The second-order valence-corrected chi connectivity index (χ2v) is 5.23. The van der Waals surface area contributed by atoms with Crippen molar-refractivity contribution < 1.29 is 10.3 Å². The summed E-state index contributed by atoms with van der Waals surface area (Å²) < 4.78 is 0. The highest BCUT2D eigenvalue weighted by molar-refractivity contribution is 6.03. The minimum absolute atomic E-state index is 0.0672. The number of anilines is 1. The van der Waals surface area contributed by atoms with Gasteiger partial charge in [0.05, 0.1) is 17.4 Å². The summed E-state index contributed by atoms with van der Waals surface area (Å²) in [4.78, 5) is 2.05. The number of aliphatic hydroxyl groups is 1. The van der Waals surface area contributed by atoms with Gasteiger partial charge in [0.25, 0.3) is 0 Å². The van der Waals surface area contributed by atoms with E-state index in [4.69, 9.17) is 10.9 Å². The van der Waals surface area contributed by atoms with Gasteiger partial charge in [-0.2, -0.15) is 5.10 Å². The number of aromatic nitrogens is 2. The molecule has 116 valence electrons. The van der Waals surface area contributed by atoms with Crippen LogP contribution in [-0.4, -0.2) is 45.5 Å². The van der Waals surface area contributed by atoms with Gasteiger partial charge in [0.2, 0.25) is 0 Å². The molecule has 7 heteroatoms. The zero-order chi connectivity index (χ0) is 15.4. The number of aliphatic hydroxyl groups excluding tert-OH is 1. The smallest absolute Gasteiger partial charge is 0.174 e. The Labute approximate surface area is 124 Å². The van der Waals surface area contributed by atoms with Crippen molar-refractivity contribution in [1.29, 1.82) is 0 Å². The minimum Gasteiger partial charge on any atom is -0.409 e. The summed E-state index contributed by atoms with van der Waals surface area (Å²) in [7, 11) is 0. The molecule has 1 aliphatic heterocycles. The van der Waals surface area contributed by atoms with E-state index in [1.54, 1.807) is 0 Å². The Balaban J connectivity index is 2.49. The number of piperidine rings is 1. The lowest BCUT2D eigenvalue weighted by atomic mass is 10.0. The monoisotopic (exact) mass is 293 g/mol. The number of hydrogen-bond donors (Lipinski definition) is 3. The molecule has 0 aliphatic carbocycles. The Morgan fingerprint density at radius 1 is 1.29 bits per heavy atom. The molecule has 1 aliphatic rings. The van der Waals surface area contributed by atoms with Gasteiger partial charge in [-0.15, -0.1) is 5.10 Å². The van der Waals surface area contributed by atoms with Gasteiger partial charge in [-0.3, -0.25) is 0 Å². The molecule has 21 heavy (non-hydrogen) atoms. The molecule has 1 aromatic heterocycles. The molecule has 1 aromatic rings. The van der Waals surface area contributed by atoms with Crippen molar-refractivity contribution in [3.05, 3.63) is 16.8 Å². The Morgan fingerprint density at radius 2 is 1.95 bits per heavy atom. The van der Waals surface area contributed by atoms with Crippen LogP contribution in [0.15, 0.2) is 5.16 Å². The molecule has 0 bridgehead atoms. The molecule has 2 heterocycles. The fourth-order valence-corrected chi connectivity index (χ4v) is 2.78. The summed E-state index contributed by atoms with van der Waals surface area (Å²) in [5.41, 5.74) is 8.41. The average Bonchev–Trinajstić information content (AvgIpc) is 2.53. The second kappa shape index (κ2) is 6.71. The maximum atomic E-state index is 9.63. The number of oxime groups is 1. The molecule has 4 N–H and O–H groups in total. The van der Waals surface area contributed by atoms with Crippen LogP contribution in [0.4, 0.5) is 5.82 Å². The normalized spacial score (nSPS) is 17.3. The van der Waals surface area contributed by atoms with E-state index in [2.05, 4.69) is 15.4 Å². The fourth-order valence-electron chi connectivity index (χ4n) is 2.78. The van der Waals surface area contributed by atoms with E-state index in [9.17, 15) is 5.11 Å². The third-order valence-electron chi connectivity index (χ3n) is 3.96. The Kier molecular flexibility index (Phi) is 4.95. The molecule has 0 spiro atoms. The highest BCUT2D eigenvalue weighted by Gasteiger charge is 2.25. The summed E-state index contributed by atoms with van der Waals surface area (Å²) in [5.74, 6) is 0.712. The minimum atomic E-state index is -0.262. The predicted molar refractivity (Wildman–Crippen MR) is 80.8 cm³/mol. The van der Waals surface area contributed by atoms with Gasteiger partial charge in [0.1, 0.15) is 0 Å². The van der Waals surface area contributed by atoms with Crippen LogP contribution in [0.2, 0.25) is 0 Å². The highest BCUT2D eigenvalue weighted by atomic mass is 16.4. The Hall–Kier alpha value is -1.89. The van der Waals surface area contributed by atoms with Gasteiger partial charge in [-0.05, 0) is 31.2 Å². The third-order valence-corrected chi connectivity index (χ3v) is 3.96. The van der Waals surface area contributed by atoms with Crippen molar-refractivity contribution in [3.63, 3.8) is 0 Å². The van der Waals surface area contributed by atoms with Crippen LogP contribution in [0.25, 0.3) is 0 Å². The molecule has 0 aromatic carbocycles. The van der Waals surface area contributed by atoms with Crippen molar-refractivity contribution in [2.75, 3.05) is 18.0 Å². The zero-order valence-corrected chi connectivity index (χ0v) is 12.6. The highest BCUT2D eigenvalue weighted by Crippen LogP contribution is 2.26. The topological polar surface area (TPSA) is 108 Å². The van der Waals surface area contributed by atoms with Gasteiger partial charge >= 0.3 is 0 Å². The first kappa shape index (κ1) is 15.5. The molecule has 7 nitrogen and oxygen atoms in total. The van der Waals surface area contributed by atoms with Crippen LogP contribution in [0.3, 0.4) is 0 Å². The first-order valence-electron chi connectivity index (χ1n) is 7.41. The van der Waals surface area contributed by atoms with E-state index in [1.165, 1.54) is 0 Å². The maximum Gasteiger partial charge on any atom is 0.174 e. The summed E-state index contributed by atoms with van der Waals surface area (Å²) in [6.07, 6.45) is 2.61. The lowest BCUT2D eigenvalue weighted by Gasteiger charge is -2.32. The van der Waals surface area contributed by atoms with Crippen LogP contribution in [0, 0.1) is 0 Å². The number of rotatable bonds is 4. The fraction of sp³-hybridized carbons (Fsp3) is 0.643. The second-order valence-electron chi connectivity index (χ2n) is 5.23.